The van der Waals surface area contributed by atoms with Gasteiger partial charge in [-0.25, -0.2) is 4.31 Å². The Kier molecular flexibility index (Phi) is 9.97. The Bertz CT molecular complexity index is 1190. The fraction of sp³-hybridized carbons (Fsp3) is 0.417. The standard InChI is InChI=1S/C24H32Cl2N4O4S/c1-7-27-24(32)18(4)29(14-19-10-11-20(25)13-21(19)26)23(31)15-30(35(33,34)28(5)6)22-12-16(2)8-9-17(22)3/h8-13,18H,7,14-15H2,1-6H3,(H,27,32)/t18-/m1/s1. The summed E-state index contributed by atoms with van der Waals surface area (Å²) >= 11 is 12.3. The van der Waals surface area contributed by atoms with Crippen LogP contribution in [0.25, 0.3) is 0 Å². The van der Waals surface area contributed by atoms with Gasteiger partial charge in [0.05, 0.1) is 5.69 Å². The molecular formula is C24H32Cl2N4O4S. The molecule has 0 aliphatic carbocycles. The van der Waals surface area contributed by atoms with Gasteiger partial charge in [-0.1, -0.05) is 41.4 Å². The SMILES string of the molecule is CCNC(=O)[C@@H](C)N(Cc1ccc(Cl)cc1Cl)C(=O)CN(c1cc(C)ccc1C)S(=O)(=O)N(C)C. The van der Waals surface area contributed by atoms with Crippen LogP contribution in [0.3, 0.4) is 0 Å². The van der Waals surface area contributed by atoms with Gasteiger partial charge in [0.25, 0.3) is 0 Å². The Morgan fingerprint density at radius 3 is 2.29 bits per heavy atom. The first-order valence-electron chi connectivity index (χ1n) is 11.1. The second-order valence-electron chi connectivity index (χ2n) is 8.41. The van der Waals surface area contributed by atoms with Crippen molar-refractivity contribution < 1.29 is 18.0 Å². The third-order valence-electron chi connectivity index (χ3n) is 5.53. The fourth-order valence-electron chi connectivity index (χ4n) is 3.43. The number of hydrogen-bond donors (Lipinski definition) is 1. The lowest BCUT2D eigenvalue weighted by molar-refractivity contribution is -0.139. The van der Waals surface area contributed by atoms with Crippen LogP contribution in [-0.2, 0) is 26.3 Å². The molecule has 0 saturated carbocycles. The van der Waals surface area contributed by atoms with Crippen molar-refractivity contribution >= 4 is 50.9 Å². The van der Waals surface area contributed by atoms with Gasteiger partial charge < -0.3 is 10.2 Å². The Labute approximate surface area is 218 Å². The number of nitrogens with one attached hydrogen (secondary N) is 1. The summed E-state index contributed by atoms with van der Waals surface area (Å²) in [5.41, 5.74) is 2.51. The molecule has 0 aliphatic rings. The molecule has 0 unspecified atom stereocenters. The Balaban J connectivity index is 2.54. The molecule has 0 radical (unpaired) electrons. The van der Waals surface area contributed by atoms with Gasteiger partial charge in [-0.15, -0.1) is 0 Å². The first-order valence-corrected chi connectivity index (χ1v) is 13.2. The van der Waals surface area contributed by atoms with E-state index in [1.54, 1.807) is 51.1 Å². The second kappa shape index (κ2) is 12.1. The van der Waals surface area contributed by atoms with Crippen molar-refractivity contribution in [3.05, 3.63) is 63.1 Å². The zero-order chi connectivity index (χ0) is 26.5. The van der Waals surface area contributed by atoms with Crippen LogP contribution in [0.1, 0.15) is 30.5 Å². The maximum absolute atomic E-state index is 13.7. The summed E-state index contributed by atoms with van der Waals surface area (Å²) in [6.45, 7) is 6.87. The zero-order valence-corrected chi connectivity index (χ0v) is 23.1. The molecule has 0 aromatic heterocycles. The normalized spacial score (nSPS) is 12.4. The highest BCUT2D eigenvalue weighted by molar-refractivity contribution is 7.90. The van der Waals surface area contributed by atoms with Gasteiger partial charge in [0.1, 0.15) is 12.6 Å². The van der Waals surface area contributed by atoms with E-state index in [0.29, 0.717) is 33.4 Å². The zero-order valence-electron chi connectivity index (χ0n) is 20.8. The van der Waals surface area contributed by atoms with Crippen molar-refractivity contribution in [3.8, 4) is 0 Å². The third kappa shape index (κ3) is 7.10. The summed E-state index contributed by atoms with van der Waals surface area (Å²) in [4.78, 5) is 27.7. The lowest BCUT2D eigenvalue weighted by Crippen LogP contribution is -2.52. The average Bonchev–Trinajstić information content (AvgIpc) is 2.78. The van der Waals surface area contributed by atoms with Crippen molar-refractivity contribution in [2.24, 2.45) is 0 Å². The van der Waals surface area contributed by atoms with Crippen LogP contribution in [0.5, 0.6) is 0 Å². The largest absolute Gasteiger partial charge is 0.355 e. The third-order valence-corrected chi connectivity index (χ3v) is 7.92. The number of halogens is 2. The molecule has 1 N–H and O–H groups in total. The number of carbonyl (C=O) groups is 2. The van der Waals surface area contributed by atoms with Gasteiger partial charge in [-0.05, 0) is 62.6 Å². The number of rotatable bonds is 10. The van der Waals surface area contributed by atoms with Crippen LogP contribution in [-0.4, -0.2) is 62.7 Å². The fourth-order valence-corrected chi connectivity index (χ4v) is 5.01. The van der Waals surface area contributed by atoms with E-state index in [1.807, 2.05) is 13.0 Å². The lowest BCUT2D eigenvalue weighted by atomic mass is 10.1. The number of hydrogen-bond acceptors (Lipinski definition) is 4. The van der Waals surface area contributed by atoms with E-state index in [0.717, 1.165) is 14.2 Å². The van der Waals surface area contributed by atoms with Crippen LogP contribution in [0.2, 0.25) is 10.0 Å². The molecule has 192 valence electrons. The molecule has 0 aliphatic heterocycles. The van der Waals surface area contributed by atoms with Crippen LogP contribution in [0, 0.1) is 13.8 Å². The number of amides is 2. The van der Waals surface area contributed by atoms with E-state index in [4.69, 9.17) is 23.2 Å². The minimum Gasteiger partial charge on any atom is -0.355 e. The summed E-state index contributed by atoms with van der Waals surface area (Å²) in [5, 5.41) is 3.49. The molecule has 8 nitrogen and oxygen atoms in total. The molecule has 2 aromatic carbocycles. The van der Waals surface area contributed by atoms with Gasteiger partial charge in [-0.2, -0.15) is 12.7 Å². The summed E-state index contributed by atoms with van der Waals surface area (Å²) < 4.78 is 28.7. The van der Waals surface area contributed by atoms with Crippen molar-refractivity contribution in [3.63, 3.8) is 0 Å². The Morgan fingerprint density at radius 2 is 1.71 bits per heavy atom. The van der Waals surface area contributed by atoms with Gasteiger partial charge in [0.15, 0.2) is 0 Å². The summed E-state index contributed by atoms with van der Waals surface area (Å²) in [6, 6.07) is 9.38. The Morgan fingerprint density at radius 1 is 1.06 bits per heavy atom. The highest BCUT2D eigenvalue weighted by atomic mass is 35.5. The van der Waals surface area contributed by atoms with Crippen LogP contribution < -0.4 is 9.62 Å². The number of nitrogens with zero attached hydrogens (tertiary/aromatic N) is 3. The molecule has 0 bridgehead atoms. The van der Waals surface area contributed by atoms with E-state index in [2.05, 4.69) is 5.32 Å². The molecule has 1 atom stereocenters. The number of likely N-dealkylation sites (N-methyl/N-ethyl adjacent to an activating group) is 1. The van der Waals surface area contributed by atoms with Gasteiger partial charge >= 0.3 is 10.2 Å². The molecule has 0 fully saturated rings. The number of carbonyl (C=O) groups excluding carboxylic acids is 2. The van der Waals surface area contributed by atoms with Crippen LogP contribution in [0.4, 0.5) is 5.69 Å². The monoisotopic (exact) mass is 542 g/mol. The highest BCUT2D eigenvalue weighted by Gasteiger charge is 2.33. The summed E-state index contributed by atoms with van der Waals surface area (Å²) in [5.74, 6) is -0.916. The topological polar surface area (TPSA) is 90.0 Å². The minimum atomic E-state index is -4.03. The van der Waals surface area contributed by atoms with E-state index in [9.17, 15) is 18.0 Å². The van der Waals surface area contributed by atoms with Crippen molar-refractivity contribution in [1.29, 1.82) is 0 Å². The quantitative estimate of drug-likeness (QED) is 0.494. The Hall–Kier alpha value is -2.33. The predicted molar refractivity (Wildman–Crippen MR) is 141 cm³/mol. The van der Waals surface area contributed by atoms with E-state index >= 15 is 0 Å². The smallest absolute Gasteiger partial charge is 0.304 e. The molecule has 0 saturated heterocycles. The first kappa shape index (κ1) is 28.9. The second-order valence-corrected chi connectivity index (χ2v) is 11.3. The molecule has 2 amide bonds. The van der Waals surface area contributed by atoms with Crippen molar-refractivity contribution in [2.75, 3.05) is 31.5 Å². The molecule has 0 heterocycles. The number of aryl methyl sites for hydroxylation is 2. The number of anilines is 1. The van der Waals surface area contributed by atoms with Gasteiger partial charge in [-0.3, -0.25) is 9.59 Å². The maximum atomic E-state index is 13.7. The minimum absolute atomic E-state index is 0.00418. The first-order chi connectivity index (χ1) is 16.3. The number of benzene rings is 2. The lowest BCUT2D eigenvalue weighted by Gasteiger charge is -2.33. The molecule has 35 heavy (non-hydrogen) atoms. The molecular weight excluding hydrogens is 511 g/mol. The summed E-state index contributed by atoms with van der Waals surface area (Å²) in [7, 11) is -1.22. The molecule has 2 aromatic rings. The predicted octanol–water partition coefficient (Wildman–Crippen LogP) is 3.78. The van der Waals surface area contributed by atoms with E-state index in [-0.39, 0.29) is 12.5 Å². The molecule has 11 heteroatoms. The van der Waals surface area contributed by atoms with Crippen LogP contribution >= 0.6 is 23.2 Å². The van der Waals surface area contributed by atoms with Crippen molar-refractivity contribution in [1.82, 2.24) is 14.5 Å². The highest BCUT2D eigenvalue weighted by Crippen LogP contribution is 2.27. The average molecular weight is 544 g/mol. The van der Waals surface area contributed by atoms with E-state index < -0.39 is 28.7 Å². The maximum Gasteiger partial charge on any atom is 0.304 e. The van der Waals surface area contributed by atoms with Gasteiger partial charge in [0, 0.05) is 37.2 Å². The van der Waals surface area contributed by atoms with E-state index in [1.165, 1.54) is 19.0 Å². The van der Waals surface area contributed by atoms with Gasteiger partial charge in [0.2, 0.25) is 11.8 Å². The molecule has 0 spiro atoms. The van der Waals surface area contributed by atoms with Crippen LogP contribution in [0.15, 0.2) is 36.4 Å². The summed E-state index contributed by atoms with van der Waals surface area (Å²) in [6.07, 6.45) is 0. The van der Waals surface area contributed by atoms with Crippen molar-refractivity contribution in [2.45, 2.75) is 40.3 Å². The molecule has 2 rings (SSSR count).